The highest BCUT2D eigenvalue weighted by Gasteiger charge is 2.09. The van der Waals surface area contributed by atoms with E-state index in [1.807, 2.05) is 18.2 Å². The molecule has 0 heterocycles. The average molecular weight is 212 g/mol. The Hall–Kier alpha value is -1.14. The zero-order valence-electron chi connectivity index (χ0n) is 8.41. The van der Waals surface area contributed by atoms with Crippen molar-refractivity contribution in [1.82, 2.24) is 5.01 Å². The molecule has 1 rings (SSSR count). The summed E-state index contributed by atoms with van der Waals surface area (Å²) in [6, 6.07) is 8.98. The Morgan fingerprint density at radius 3 is 2.60 bits per heavy atom. The van der Waals surface area contributed by atoms with Crippen molar-refractivity contribution in [2.45, 2.75) is 6.29 Å². The number of aliphatic hydroxyl groups is 2. The summed E-state index contributed by atoms with van der Waals surface area (Å²) in [5.41, 5.74) is 0. The molecule has 0 aliphatic heterocycles. The van der Waals surface area contributed by atoms with E-state index >= 15 is 0 Å². The molecule has 4 N–H and O–H groups in total. The van der Waals surface area contributed by atoms with Gasteiger partial charge in [-0.3, -0.25) is 5.84 Å². The van der Waals surface area contributed by atoms with E-state index in [2.05, 4.69) is 0 Å². The van der Waals surface area contributed by atoms with E-state index < -0.39 is 6.29 Å². The van der Waals surface area contributed by atoms with Crippen LogP contribution < -0.4 is 10.6 Å². The summed E-state index contributed by atoms with van der Waals surface area (Å²) in [5.74, 6) is 6.06. The van der Waals surface area contributed by atoms with Crippen molar-refractivity contribution in [1.29, 1.82) is 0 Å². The van der Waals surface area contributed by atoms with Gasteiger partial charge in [0.25, 0.3) is 0 Å². The zero-order valence-corrected chi connectivity index (χ0v) is 8.41. The Kier molecular flexibility index (Phi) is 5.06. The molecule has 0 bridgehead atoms. The molecular formula is C10H16N2O3. The number of nitrogens with two attached hydrogens (primary N) is 1. The van der Waals surface area contributed by atoms with E-state index in [1.54, 1.807) is 12.1 Å². The molecule has 0 radical (unpaired) electrons. The van der Waals surface area contributed by atoms with Crippen molar-refractivity contribution in [3.05, 3.63) is 30.3 Å². The molecular weight excluding hydrogens is 196 g/mol. The minimum Gasteiger partial charge on any atom is -0.464 e. The molecule has 0 saturated heterocycles. The summed E-state index contributed by atoms with van der Waals surface area (Å²) in [6.07, 6.45) is -0.996. The lowest BCUT2D eigenvalue weighted by Crippen LogP contribution is -2.41. The second kappa shape index (κ2) is 6.36. The van der Waals surface area contributed by atoms with Crippen molar-refractivity contribution < 1.29 is 14.9 Å². The Morgan fingerprint density at radius 2 is 2.00 bits per heavy atom. The lowest BCUT2D eigenvalue weighted by atomic mass is 10.3. The van der Waals surface area contributed by atoms with Gasteiger partial charge in [0.1, 0.15) is 5.75 Å². The lowest BCUT2D eigenvalue weighted by Gasteiger charge is -2.19. The number of benzene rings is 1. The SMILES string of the molecule is NN(CCO)CC(O)Oc1ccccc1. The fourth-order valence-electron chi connectivity index (χ4n) is 1.11. The van der Waals surface area contributed by atoms with Crippen molar-refractivity contribution in [3.63, 3.8) is 0 Å². The van der Waals surface area contributed by atoms with Gasteiger partial charge in [0.2, 0.25) is 6.29 Å². The highest BCUT2D eigenvalue weighted by atomic mass is 16.6. The maximum absolute atomic E-state index is 9.47. The van der Waals surface area contributed by atoms with Gasteiger partial charge in [0.05, 0.1) is 13.2 Å². The number of hydrazine groups is 1. The molecule has 5 heteroatoms. The molecule has 0 fully saturated rings. The van der Waals surface area contributed by atoms with Gasteiger partial charge in [0.15, 0.2) is 0 Å². The number of hydrogen-bond acceptors (Lipinski definition) is 5. The molecule has 0 aliphatic carbocycles. The van der Waals surface area contributed by atoms with Crippen LogP contribution in [0.4, 0.5) is 0 Å². The van der Waals surface area contributed by atoms with Crippen LogP contribution in [0, 0.1) is 0 Å². The van der Waals surface area contributed by atoms with Gasteiger partial charge in [-0.05, 0) is 12.1 Å². The minimum absolute atomic E-state index is 0.0471. The lowest BCUT2D eigenvalue weighted by molar-refractivity contribution is -0.0431. The summed E-state index contributed by atoms with van der Waals surface area (Å²) in [4.78, 5) is 0. The number of para-hydroxylation sites is 1. The van der Waals surface area contributed by atoms with Crippen LogP contribution >= 0.6 is 0 Å². The number of rotatable bonds is 6. The normalized spacial score (nSPS) is 12.8. The number of nitrogens with zero attached hydrogens (tertiary/aromatic N) is 1. The van der Waals surface area contributed by atoms with Crippen molar-refractivity contribution in [3.8, 4) is 5.75 Å². The molecule has 0 aliphatic rings. The van der Waals surface area contributed by atoms with Gasteiger partial charge in [-0.1, -0.05) is 18.2 Å². The fourth-order valence-corrected chi connectivity index (χ4v) is 1.11. The van der Waals surface area contributed by atoms with Crippen molar-refractivity contribution in [2.24, 2.45) is 5.84 Å². The Labute approximate surface area is 88.7 Å². The first-order chi connectivity index (χ1) is 7.22. The molecule has 1 atom stereocenters. The molecule has 0 saturated carbocycles. The first-order valence-electron chi connectivity index (χ1n) is 4.72. The van der Waals surface area contributed by atoms with Gasteiger partial charge in [-0.15, -0.1) is 0 Å². The third-order valence-electron chi connectivity index (χ3n) is 1.79. The number of ether oxygens (including phenoxy) is 1. The van der Waals surface area contributed by atoms with Gasteiger partial charge in [0, 0.05) is 6.54 Å². The van der Waals surface area contributed by atoms with Crippen molar-refractivity contribution >= 4 is 0 Å². The average Bonchev–Trinajstić information content (AvgIpc) is 2.19. The van der Waals surface area contributed by atoms with Crippen molar-refractivity contribution in [2.75, 3.05) is 19.7 Å². The van der Waals surface area contributed by atoms with Gasteiger partial charge in [-0.25, -0.2) is 5.01 Å². The van der Waals surface area contributed by atoms with E-state index in [0.29, 0.717) is 12.3 Å². The fraction of sp³-hybridized carbons (Fsp3) is 0.400. The van der Waals surface area contributed by atoms with E-state index in [9.17, 15) is 5.11 Å². The molecule has 0 aromatic heterocycles. The maximum atomic E-state index is 9.47. The minimum atomic E-state index is -0.996. The van der Waals surface area contributed by atoms with Crippen LogP contribution in [0.1, 0.15) is 0 Å². The van der Waals surface area contributed by atoms with Crippen LogP contribution in [0.2, 0.25) is 0 Å². The largest absolute Gasteiger partial charge is 0.464 e. The summed E-state index contributed by atoms with van der Waals surface area (Å²) in [7, 11) is 0. The van der Waals surface area contributed by atoms with Gasteiger partial charge in [-0.2, -0.15) is 0 Å². The second-order valence-electron chi connectivity index (χ2n) is 3.10. The highest BCUT2D eigenvalue weighted by Crippen LogP contribution is 2.09. The van der Waals surface area contributed by atoms with Gasteiger partial charge >= 0.3 is 0 Å². The van der Waals surface area contributed by atoms with Gasteiger partial charge < -0.3 is 14.9 Å². The molecule has 5 nitrogen and oxygen atoms in total. The van der Waals surface area contributed by atoms with E-state index in [-0.39, 0.29) is 13.2 Å². The molecule has 84 valence electrons. The summed E-state index contributed by atoms with van der Waals surface area (Å²) < 4.78 is 5.18. The molecule has 0 spiro atoms. The predicted molar refractivity (Wildman–Crippen MR) is 55.9 cm³/mol. The molecule has 15 heavy (non-hydrogen) atoms. The topological polar surface area (TPSA) is 79.0 Å². The standard InChI is InChI=1S/C10H16N2O3/c11-12(6-7-13)8-10(14)15-9-4-2-1-3-5-9/h1-5,10,13-14H,6-8,11H2. The van der Waals surface area contributed by atoms with Crippen LogP contribution in [0.5, 0.6) is 5.75 Å². The zero-order chi connectivity index (χ0) is 11.1. The van der Waals surface area contributed by atoms with Crippen LogP contribution in [0.15, 0.2) is 30.3 Å². The van der Waals surface area contributed by atoms with E-state index in [1.165, 1.54) is 5.01 Å². The number of aliphatic hydroxyl groups excluding tert-OH is 2. The highest BCUT2D eigenvalue weighted by molar-refractivity contribution is 5.20. The van der Waals surface area contributed by atoms with E-state index in [4.69, 9.17) is 15.7 Å². The molecule has 1 aromatic carbocycles. The van der Waals surface area contributed by atoms with Crippen LogP contribution in [0.25, 0.3) is 0 Å². The third kappa shape index (κ3) is 4.75. The van der Waals surface area contributed by atoms with Crippen LogP contribution in [-0.4, -0.2) is 41.2 Å². The quantitative estimate of drug-likeness (QED) is 0.338. The third-order valence-corrected chi connectivity index (χ3v) is 1.79. The number of hydrogen-bond donors (Lipinski definition) is 3. The Morgan fingerprint density at radius 1 is 1.33 bits per heavy atom. The summed E-state index contributed by atoms with van der Waals surface area (Å²) in [6.45, 7) is 0.402. The van der Waals surface area contributed by atoms with E-state index in [0.717, 1.165) is 0 Å². The van der Waals surface area contributed by atoms with Crippen LogP contribution in [0.3, 0.4) is 0 Å². The second-order valence-corrected chi connectivity index (χ2v) is 3.10. The smallest absolute Gasteiger partial charge is 0.211 e. The molecule has 0 amide bonds. The molecule has 1 aromatic rings. The molecule has 1 unspecified atom stereocenters. The first kappa shape index (κ1) is 11.9. The summed E-state index contributed by atoms with van der Waals surface area (Å²) in [5, 5.41) is 19.4. The predicted octanol–water partition coefficient (Wildman–Crippen LogP) is -0.448. The Balaban J connectivity index is 2.33. The van der Waals surface area contributed by atoms with Crippen LogP contribution in [-0.2, 0) is 0 Å². The maximum Gasteiger partial charge on any atom is 0.211 e. The monoisotopic (exact) mass is 212 g/mol. The first-order valence-corrected chi connectivity index (χ1v) is 4.72. The Bertz CT molecular complexity index is 269. The summed E-state index contributed by atoms with van der Waals surface area (Å²) >= 11 is 0.